The lowest BCUT2D eigenvalue weighted by atomic mass is 10.1. The number of hydrogen-bond donors (Lipinski definition) is 2. The number of rotatable bonds is 7. The first-order valence-electron chi connectivity index (χ1n) is 11.2. The minimum Gasteiger partial charge on any atom is -0.406 e. The normalized spacial score (nSPS) is 24.0. The number of aromatic nitrogens is 1. The van der Waals surface area contributed by atoms with Crippen LogP contribution >= 0.6 is 0 Å². The second-order valence-electron chi connectivity index (χ2n) is 9.01. The van der Waals surface area contributed by atoms with E-state index in [1.807, 2.05) is 42.2 Å². The summed E-state index contributed by atoms with van der Waals surface area (Å²) in [7, 11) is 0. The van der Waals surface area contributed by atoms with E-state index >= 15 is 0 Å². The Bertz CT molecular complexity index is 1160. The molecule has 0 aliphatic heterocycles. The standard InChI is InChI=1S/C25H26F3N3O2/c1-2-31(22(32)21-14-18-8-3-4-10-20(18)30-21)24-12-6-11-23(24,16-24)29-15-17-7-5-9-19(13-17)33-25(26,27)28/h3-5,7-10,13-14,29-30H,2,6,11-12,15-16H2,1H3/t23-,24+/m0/s1. The Hall–Kier alpha value is -3.00. The summed E-state index contributed by atoms with van der Waals surface area (Å²) in [4.78, 5) is 18.7. The molecule has 5 rings (SSSR count). The van der Waals surface area contributed by atoms with E-state index in [0.29, 0.717) is 24.3 Å². The fourth-order valence-electron chi connectivity index (χ4n) is 5.69. The summed E-state index contributed by atoms with van der Waals surface area (Å²) >= 11 is 0. The predicted molar refractivity (Wildman–Crippen MR) is 119 cm³/mol. The highest BCUT2D eigenvalue weighted by molar-refractivity contribution is 5.98. The van der Waals surface area contributed by atoms with Gasteiger partial charge in [0.05, 0.1) is 5.54 Å². The second kappa shape index (κ2) is 7.80. The molecule has 1 heterocycles. The Morgan fingerprint density at radius 1 is 1.15 bits per heavy atom. The Morgan fingerprint density at radius 2 is 1.97 bits per heavy atom. The summed E-state index contributed by atoms with van der Waals surface area (Å²) in [5, 5.41) is 4.59. The van der Waals surface area contributed by atoms with Gasteiger partial charge in [0, 0.05) is 29.5 Å². The second-order valence-corrected chi connectivity index (χ2v) is 9.01. The fourth-order valence-corrected chi connectivity index (χ4v) is 5.69. The molecule has 0 bridgehead atoms. The van der Waals surface area contributed by atoms with Crippen LogP contribution in [-0.4, -0.2) is 39.8 Å². The van der Waals surface area contributed by atoms with Gasteiger partial charge in [-0.15, -0.1) is 13.2 Å². The number of nitrogens with zero attached hydrogens (tertiary/aromatic N) is 1. The molecule has 0 radical (unpaired) electrons. The van der Waals surface area contributed by atoms with Crippen molar-refractivity contribution in [3.05, 3.63) is 65.9 Å². The number of fused-ring (bicyclic) bond motifs is 2. The van der Waals surface area contributed by atoms with Crippen molar-refractivity contribution in [1.29, 1.82) is 0 Å². The van der Waals surface area contributed by atoms with Crippen molar-refractivity contribution in [1.82, 2.24) is 15.2 Å². The molecule has 0 saturated heterocycles. The van der Waals surface area contributed by atoms with Gasteiger partial charge in [-0.3, -0.25) is 4.79 Å². The van der Waals surface area contributed by atoms with E-state index in [4.69, 9.17) is 0 Å². The zero-order chi connectivity index (χ0) is 23.3. The maximum atomic E-state index is 13.5. The molecule has 2 saturated carbocycles. The highest BCUT2D eigenvalue weighted by Crippen LogP contribution is 2.63. The maximum absolute atomic E-state index is 13.5. The quantitative estimate of drug-likeness (QED) is 0.501. The molecule has 33 heavy (non-hydrogen) atoms. The number of H-pyrrole nitrogens is 1. The lowest BCUT2D eigenvalue weighted by Crippen LogP contribution is -2.49. The number of aromatic amines is 1. The molecule has 2 aliphatic rings. The maximum Gasteiger partial charge on any atom is 0.573 e. The number of benzene rings is 2. The van der Waals surface area contributed by atoms with Crippen LogP contribution in [0.2, 0.25) is 0 Å². The van der Waals surface area contributed by atoms with Crippen LogP contribution in [0.4, 0.5) is 13.2 Å². The monoisotopic (exact) mass is 457 g/mol. The minimum atomic E-state index is -4.72. The SMILES string of the molecule is CCN(C(=O)c1cc2ccccc2[nH]1)[C@@]12CCC[C@]1(NCc1cccc(OC(F)(F)F)c1)C2. The Balaban J connectivity index is 1.33. The van der Waals surface area contributed by atoms with Crippen LogP contribution in [0.5, 0.6) is 5.75 Å². The lowest BCUT2D eigenvalue weighted by Gasteiger charge is -2.32. The van der Waals surface area contributed by atoms with Gasteiger partial charge in [0.15, 0.2) is 0 Å². The number of ether oxygens (including phenoxy) is 1. The molecular weight excluding hydrogens is 431 g/mol. The minimum absolute atomic E-state index is 0.0140. The van der Waals surface area contributed by atoms with Crippen molar-refractivity contribution in [2.75, 3.05) is 6.54 Å². The smallest absolute Gasteiger partial charge is 0.406 e. The van der Waals surface area contributed by atoms with Gasteiger partial charge in [-0.25, -0.2) is 0 Å². The van der Waals surface area contributed by atoms with Crippen LogP contribution < -0.4 is 10.1 Å². The van der Waals surface area contributed by atoms with E-state index in [2.05, 4.69) is 15.0 Å². The first kappa shape index (κ1) is 21.8. The summed E-state index contributed by atoms with van der Waals surface area (Å²) in [5.74, 6) is -0.239. The van der Waals surface area contributed by atoms with Gasteiger partial charge in [-0.2, -0.15) is 0 Å². The van der Waals surface area contributed by atoms with Crippen molar-refractivity contribution >= 4 is 16.8 Å². The molecule has 0 spiro atoms. The first-order valence-corrected chi connectivity index (χ1v) is 11.2. The molecule has 2 atom stereocenters. The molecule has 8 heteroatoms. The van der Waals surface area contributed by atoms with Crippen molar-refractivity contribution in [3.63, 3.8) is 0 Å². The number of nitrogens with one attached hydrogen (secondary N) is 2. The number of carbonyl (C=O) groups excluding carboxylic acids is 1. The number of alkyl halides is 3. The molecule has 174 valence electrons. The Kier molecular flexibility index (Phi) is 5.16. The van der Waals surface area contributed by atoms with Gasteiger partial charge in [0.25, 0.3) is 5.91 Å². The summed E-state index contributed by atoms with van der Waals surface area (Å²) in [6.45, 7) is 3.00. The Morgan fingerprint density at radius 3 is 2.73 bits per heavy atom. The predicted octanol–water partition coefficient (Wildman–Crippen LogP) is 5.38. The summed E-state index contributed by atoms with van der Waals surface area (Å²) in [6.07, 6.45) is -1.02. The lowest BCUT2D eigenvalue weighted by molar-refractivity contribution is -0.274. The van der Waals surface area contributed by atoms with Crippen molar-refractivity contribution in [2.24, 2.45) is 0 Å². The van der Waals surface area contributed by atoms with E-state index in [1.54, 1.807) is 12.1 Å². The third kappa shape index (κ3) is 3.86. The van der Waals surface area contributed by atoms with E-state index in [0.717, 1.165) is 36.6 Å². The topological polar surface area (TPSA) is 57.4 Å². The van der Waals surface area contributed by atoms with Crippen molar-refractivity contribution in [3.8, 4) is 5.75 Å². The summed E-state index contributed by atoms with van der Waals surface area (Å²) in [5.41, 5.74) is 1.74. The highest BCUT2D eigenvalue weighted by Gasteiger charge is 2.73. The number of amides is 1. The molecule has 1 amide bonds. The van der Waals surface area contributed by atoms with E-state index in [9.17, 15) is 18.0 Å². The molecule has 3 aromatic rings. The fraction of sp³-hybridized carbons (Fsp3) is 0.400. The molecule has 2 aliphatic carbocycles. The number of hydrogen-bond acceptors (Lipinski definition) is 3. The van der Waals surface area contributed by atoms with Gasteiger partial charge < -0.3 is 19.9 Å². The molecule has 2 N–H and O–H groups in total. The number of halogens is 3. The number of likely N-dealkylation sites (N-methyl/N-ethyl adjacent to an activating group) is 1. The van der Waals surface area contributed by atoms with Crippen LogP contribution in [-0.2, 0) is 6.54 Å². The molecular formula is C25H26F3N3O2. The summed E-state index contributed by atoms with van der Waals surface area (Å²) in [6, 6.07) is 15.7. The number of para-hydroxylation sites is 1. The molecule has 2 fully saturated rings. The molecule has 5 nitrogen and oxygen atoms in total. The zero-order valence-electron chi connectivity index (χ0n) is 18.3. The first-order chi connectivity index (χ1) is 15.8. The molecule has 0 unspecified atom stereocenters. The van der Waals surface area contributed by atoms with Gasteiger partial charge >= 0.3 is 6.36 Å². The van der Waals surface area contributed by atoms with Crippen LogP contribution in [0.25, 0.3) is 10.9 Å². The average Bonchev–Trinajstić information content (AvgIpc) is 3.07. The van der Waals surface area contributed by atoms with Crippen molar-refractivity contribution in [2.45, 2.75) is 56.6 Å². The molecule has 2 aromatic carbocycles. The van der Waals surface area contributed by atoms with Crippen LogP contribution in [0.3, 0.4) is 0 Å². The van der Waals surface area contributed by atoms with E-state index in [-0.39, 0.29) is 22.7 Å². The summed E-state index contributed by atoms with van der Waals surface area (Å²) < 4.78 is 41.7. The van der Waals surface area contributed by atoms with Gasteiger partial charge in [-0.05, 0) is 62.4 Å². The van der Waals surface area contributed by atoms with Crippen molar-refractivity contribution < 1.29 is 22.7 Å². The molecule has 1 aromatic heterocycles. The van der Waals surface area contributed by atoms with Crippen LogP contribution in [0.15, 0.2) is 54.6 Å². The van der Waals surface area contributed by atoms with Gasteiger partial charge in [0.2, 0.25) is 0 Å². The van der Waals surface area contributed by atoms with E-state index < -0.39 is 6.36 Å². The zero-order valence-corrected chi connectivity index (χ0v) is 18.3. The van der Waals surface area contributed by atoms with Crippen LogP contribution in [0, 0.1) is 0 Å². The largest absolute Gasteiger partial charge is 0.573 e. The Labute approximate surface area is 189 Å². The average molecular weight is 457 g/mol. The number of carbonyl (C=O) groups is 1. The highest BCUT2D eigenvalue weighted by atomic mass is 19.4. The third-order valence-corrected chi connectivity index (χ3v) is 7.16. The van der Waals surface area contributed by atoms with Crippen LogP contribution in [0.1, 0.15) is 48.7 Å². The third-order valence-electron chi connectivity index (χ3n) is 7.16. The van der Waals surface area contributed by atoms with Gasteiger partial charge in [-0.1, -0.05) is 30.3 Å². The van der Waals surface area contributed by atoms with E-state index in [1.165, 1.54) is 12.1 Å². The van der Waals surface area contributed by atoms with Gasteiger partial charge in [0.1, 0.15) is 11.4 Å².